The minimum atomic E-state index is 0.560. The van der Waals surface area contributed by atoms with E-state index in [0.717, 1.165) is 11.3 Å². The molecule has 1 heterocycles. The fraction of sp³-hybridized carbons (Fsp3) is 0. The first-order valence-corrected chi connectivity index (χ1v) is 5.08. The zero-order chi connectivity index (χ0) is 10.7. The average Bonchev–Trinajstić information content (AvgIpc) is 2.29. The SMILES string of the molecule is N#Cc1ccc(-c2ccnc(Br)n2)cc1. The van der Waals surface area contributed by atoms with E-state index in [1.165, 1.54) is 0 Å². The Bertz CT molecular complexity index is 514. The molecule has 0 spiro atoms. The van der Waals surface area contributed by atoms with Crippen molar-refractivity contribution in [3.8, 4) is 17.3 Å². The fourth-order valence-electron chi connectivity index (χ4n) is 1.21. The van der Waals surface area contributed by atoms with Crippen LogP contribution in [0.2, 0.25) is 0 Å². The van der Waals surface area contributed by atoms with E-state index in [-0.39, 0.29) is 0 Å². The summed E-state index contributed by atoms with van der Waals surface area (Å²) in [4.78, 5) is 8.17. The second-order valence-corrected chi connectivity index (χ2v) is 3.61. The van der Waals surface area contributed by atoms with Crippen molar-refractivity contribution < 1.29 is 0 Å². The molecule has 4 heteroatoms. The summed E-state index contributed by atoms with van der Waals surface area (Å²) in [7, 11) is 0. The lowest BCUT2D eigenvalue weighted by atomic mass is 10.1. The van der Waals surface area contributed by atoms with Crippen LogP contribution in [0.1, 0.15) is 5.56 Å². The summed E-state index contributed by atoms with van der Waals surface area (Å²) >= 11 is 3.21. The van der Waals surface area contributed by atoms with Gasteiger partial charge in [0.1, 0.15) is 0 Å². The molecule has 0 bridgehead atoms. The lowest BCUT2D eigenvalue weighted by molar-refractivity contribution is 1.12. The van der Waals surface area contributed by atoms with E-state index in [9.17, 15) is 0 Å². The summed E-state index contributed by atoms with van der Waals surface area (Å²) in [6, 6.07) is 11.2. The first-order valence-electron chi connectivity index (χ1n) is 4.28. The van der Waals surface area contributed by atoms with Crippen LogP contribution in [0.4, 0.5) is 0 Å². The molecule has 72 valence electrons. The summed E-state index contributed by atoms with van der Waals surface area (Å²) in [5.74, 6) is 0. The number of nitrogens with zero attached hydrogens (tertiary/aromatic N) is 3. The van der Waals surface area contributed by atoms with Crippen LogP contribution in [0.5, 0.6) is 0 Å². The Kier molecular flexibility index (Phi) is 2.75. The Labute approximate surface area is 95.6 Å². The average molecular weight is 260 g/mol. The molecule has 1 aromatic heterocycles. The smallest absolute Gasteiger partial charge is 0.197 e. The van der Waals surface area contributed by atoms with Gasteiger partial charge in [-0.1, -0.05) is 12.1 Å². The third-order valence-electron chi connectivity index (χ3n) is 1.94. The van der Waals surface area contributed by atoms with E-state index in [2.05, 4.69) is 32.0 Å². The highest BCUT2D eigenvalue weighted by Crippen LogP contribution is 2.18. The molecule has 0 atom stereocenters. The Morgan fingerprint density at radius 3 is 2.47 bits per heavy atom. The van der Waals surface area contributed by atoms with Gasteiger partial charge in [-0.25, -0.2) is 9.97 Å². The molecule has 0 aliphatic rings. The topological polar surface area (TPSA) is 49.6 Å². The van der Waals surface area contributed by atoms with Crippen molar-refractivity contribution in [3.05, 3.63) is 46.8 Å². The van der Waals surface area contributed by atoms with Gasteiger partial charge in [0.15, 0.2) is 4.73 Å². The number of benzene rings is 1. The van der Waals surface area contributed by atoms with E-state index >= 15 is 0 Å². The van der Waals surface area contributed by atoms with E-state index in [1.54, 1.807) is 18.3 Å². The molecule has 0 aliphatic carbocycles. The maximum absolute atomic E-state index is 8.66. The van der Waals surface area contributed by atoms with Gasteiger partial charge in [0, 0.05) is 11.8 Å². The van der Waals surface area contributed by atoms with Crippen LogP contribution < -0.4 is 0 Å². The highest BCUT2D eigenvalue weighted by atomic mass is 79.9. The molecule has 0 N–H and O–H groups in total. The monoisotopic (exact) mass is 259 g/mol. The number of hydrogen-bond acceptors (Lipinski definition) is 3. The molecule has 2 aromatic rings. The highest BCUT2D eigenvalue weighted by molar-refractivity contribution is 9.10. The summed E-state index contributed by atoms with van der Waals surface area (Å²) in [6.45, 7) is 0. The first kappa shape index (κ1) is 9.81. The second-order valence-electron chi connectivity index (χ2n) is 2.90. The summed E-state index contributed by atoms with van der Waals surface area (Å²) in [5.41, 5.74) is 2.45. The van der Waals surface area contributed by atoms with Gasteiger partial charge in [0.05, 0.1) is 17.3 Å². The summed E-state index contributed by atoms with van der Waals surface area (Å²) < 4.78 is 0.560. The minimum Gasteiger partial charge on any atom is -0.231 e. The van der Waals surface area contributed by atoms with Crippen LogP contribution in [-0.2, 0) is 0 Å². The molecular formula is C11H6BrN3. The molecule has 2 rings (SSSR count). The minimum absolute atomic E-state index is 0.560. The number of hydrogen-bond donors (Lipinski definition) is 0. The number of aromatic nitrogens is 2. The van der Waals surface area contributed by atoms with Gasteiger partial charge in [0.2, 0.25) is 0 Å². The first-order chi connectivity index (χ1) is 7.29. The molecule has 0 aliphatic heterocycles. The van der Waals surface area contributed by atoms with Crippen molar-refractivity contribution in [1.82, 2.24) is 9.97 Å². The van der Waals surface area contributed by atoms with Gasteiger partial charge >= 0.3 is 0 Å². The maximum atomic E-state index is 8.66. The lowest BCUT2D eigenvalue weighted by Crippen LogP contribution is -1.86. The molecule has 1 aromatic carbocycles. The van der Waals surface area contributed by atoms with Crippen molar-refractivity contribution in [3.63, 3.8) is 0 Å². The highest BCUT2D eigenvalue weighted by Gasteiger charge is 2.00. The van der Waals surface area contributed by atoms with Crippen LogP contribution >= 0.6 is 15.9 Å². The van der Waals surface area contributed by atoms with E-state index < -0.39 is 0 Å². The van der Waals surface area contributed by atoms with E-state index in [4.69, 9.17) is 5.26 Å². The molecule has 0 fully saturated rings. The van der Waals surface area contributed by atoms with Crippen molar-refractivity contribution in [2.75, 3.05) is 0 Å². The molecule has 0 unspecified atom stereocenters. The van der Waals surface area contributed by atoms with E-state index in [1.807, 2.05) is 18.2 Å². The fourth-order valence-corrected chi connectivity index (χ4v) is 1.52. The van der Waals surface area contributed by atoms with E-state index in [0.29, 0.717) is 10.3 Å². The van der Waals surface area contributed by atoms with Gasteiger partial charge in [0.25, 0.3) is 0 Å². The quantitative estimate of drug-likeness (QED) is 0.741. The van der Waals surface area contributed by atoms with Crippen molar-refractivity contribution in [1.29, 1.82) is 5.26 Å². The number of halogens is 1. The Morgan fingerprint density at radius 1 is 1.13 bits per heavy atom. The van der Waals surface area contributed by atoms with Crippen LogP contribution in [0.3, 0.4) is 0 Å². The molecular weight excluding hydrogens is 254 g/mol. The largest absolute Gasteiger partial charge is 0.231 e. The Balaban J connectivity index is 2.42. The van der Waals surface area contributed by atoms with Gasteiger partial charge < -0.3 is 0 Å². The van der Waals surface area contributed by atoms with Crippen molar-refractivity contribution >= 4 is 15.9 Å². The summed E-state index contributed by atoms with van der Waals surface area (Å²) in [5, 5.41) is 8.66. The van der Waals surface area contributed by atoms with Crippen LogP contribution in [0.15, 0.2) is 41.3 Å². The predicted molar refractivity (Wildman–Crippen MR) is 59.9 cm³/mol. The third-order valence-corrected chi connectivity index (χ3v) is 2.32. The number of nitriles is 1. The van der Waals surface area contributed by atoms with Gasteiger partial charge in [-0.15, -0.1) is 0 Å². The normalized spacial score (nSPS) is 9.60. The standard InChI is InChI=1S/C11H6BrN3/c12-11-14-6-5-10(15-11)9-3-1-8(7-13)2-4-9/h1-6H. The Hall–Kier alpha value is -1.73. The lowest BCUT2D eigenvalue weighted by Gasteiger charge is -2.00. The van der Waals surface area contributed by atoms with Crippen LogP contribution in [-0.4, -0.2) is 9.97 Å². The molecule has 15 heavy (non-hydrogen) atoms. The molecule has 0 amide bonds. The van der Waals surface area contributed by atoms with Gasteiger partial charge in [-0.3, -0.25) is 0 Å². The molecule has 0 saturated heterocycles. The Morgan fingerprint density at radius 2 is 1.87 bits per heavy atom. The molecule has 0 radical (unpaired) electrons. The van der Waals surface area contributed by atoms with Gasteiger partial charge in [-0.2, -0.15) is 5.26 Å². The van der Waals surface area contributed by atoms with Gasteiger partial charge in [-0.05, 0) is 34.1 Å². The van der Waals surface area contributed by atoms with Crippen molar-refractivity contribution in [2.24, 2.45) is 0 Å². The molecule has 3 nitrogen and oxygen atoms in total. The van der Waals surface area contributed by atoms with Crippen LogP contribution in [0.25, 0.3) is 11.3 Å². The van der Waals surface area contributed by atoms with Crippen LogP contribution in [0, 0.1) is 11.3 Å². The zero-order valence-corrected chi connectivity index (χ0v) is 9.27. The third kappa shape index (κ3) is 2.20. The van der Waals surface area contributed by atoms with Crippen molar-refractivity contribution in [2.45, 2.75) is 0 Å². The maximum Gasteiger partial charge on any atom is 0.197 e. The second kappa shape index (κ2) is 4.20. The molecule has 0 saturated carbocycles. The predicted octanol–water partition coefficient (Wildman–Crippen LogP) is 2.78. The number of rotatable bonds is 1. The zero-order valence-electron chi connectivity index (χ0n) is 7.68. The summed E-state index contributed by atoms with van der Waals surface area (Å²) in [6.07, 6.45) is 1.69.